The van der Waals surface area contributed by atoms with Crippen molar-refractivity contribution in [3.05, 3.63) is 35.4 Å². The number of carbonyl (C=O) groups excluding carboxylic acids is 1. The number of rotatable bonds is 5. The van der Waals surface area contributed by atoms with E-state index in [1.807, 2.05) is 31.2 Å². The number of aliphatic carboxylic acids is 1. The number of benzene rings is 1. The molecule has 0 aliphatic carbocycles. The molecule has 1 atom stereocenters. The number of carboxylic acid groups (broad SMARTS) is 1. The number of hydrogen-bond donors (Lipinski definition) is 2. The Morgan fingerprint density at radius 2 is 2.07 bits per heavy atom. The van der Waals surface area contributed by atoms with Gasteiger partial charge in [-0.3, -0.25) is 9.59 Å². The van der Waals surface area contributed by atoms with Gasteiger partial charge < -0.3 is 10.4 Å². The molecule has 0 aliphatic heterocycles. The van der Waals surface area contributed by atoms with Crippen LogP contribution in [0.25, 0.3) is 0 Å². The first-order valence-corrected chi connectivity index (χ1v) is 4.61. The smallest absolute Gasteiger partial charge is 0.305 e. The lowest BCUT2D eigenvalue weighted by molar-refractivity contribution is -0.137. The molecule has 0 saturated heterocycles. The SMILES string of the molecule is Cc1ccc([C@@H](CC(=O)O)NC=O)cc1. The van der Waals surface area contributed by atoms with Crippen LogP contribution in [0.4, 0.5) is 0 Å². The highest BCUT2D eigenvalue weighted by atomic mass is 16.4. The van der Waals surface area contributed by atoms with E-state index in [9.17, 15) is 9.59 Å². The average Bonchev–Trinajstić information content (AvgIpc) is 2.17. The summed E-state index contributed by atoms with van der Waals surface area (Å²) in [5.74, 6) is -0.935. The van der Waals surface area contributed by atoms with Crippen molar-refractivity contribution >= 4 is 12.4 Å². The van der Waals surface area contributed by atoms with E-state index in [1.54, 1.807) is 0 Å². The van der Waals surface area contributed by atoms with Gasteiger partial charge in [-0.2, -0.15) is 0 Å². The van der Waals surface area contributed by atoms with Gasteiger partial charge in [-0.05, 0) is 12.5 Å². The number of hydrogen-bond acceptors (Lipinski definition) is 2. The highest BCUT2D eigenvalue weighted by Gasteiger charge is 2.13. The first-order valence-electron chi connectivity index (χ1n) is 4.61. The minimum Gasteiger partial charge on any atom is -0.481 e. The summed E-state index contributed by atoms with van der Waals surface area (Å²) in [4.78, 5) is 20.9. The van der Waals surface area contributed by atoms with E-state index in [4.69, 9.17) is 5.11 Å². The first kappa shape index (κ1) is 11.2. The maximum atomic E-state index is 10.6. The van der Waals surface area contributed by atoms with Gasteiger partial charge in [-0.25, -0.2) is 0 Å². The second-order valence-corrected chi connectivity index (χ2v) is 3.35. The second kappa shape index (κ2) is 5.14. The fourth-order valence-electron chi connectivity index (χ4n) is 1.33. The van der Waals surface area contributed by atoms with Gasteiger partial charge in [0.2, 0.25) is 6.41 Å². The molecule has 80 valence electrons. The van der Waals surface area contributed by atoms with Crippen molar-refractivity contribution in [2.24, 2.45) is 0 Å². The van der Waals surface area contributed by atoms with E-state index in [0.717, 1.165) is 11.1 Å². The van der Waals surface area contributed by atoms with Crippen molar-refractivity contribution < 1.29 is 14.7 Å². The summed E-state index contributed by atoms with van der Waals surface area (Å²) in [6.45, 7) is 1.95. The minimum atomic E-state index is -0.935. The molecule has 0 aliphatic rings. The van der Waals surface area contributed by atoms with Crippen molar-refractivity contribution in [1.29, 1.82) is 0 Å². The molecule has 0 unspecified atom stereocenters. The molecular formula is C11H13NO3. The molecule has 2 N–H and O–H groups in total. The third kappa shape index (κ3) is 3.42. The van der Waals surface area contributed by atoms with Gasteiger partial charge in [0.1, 0.15) is 0 Å². The quantitative estimate of drug-likeness (QED) is 0.714. The molecule has 4 heteroatoms. The van der Waals surface area contributed by atoms with Crippen LogP contribution in [-0.4, -0.2) is 17.5 Å². The zero-order chi connectivity index (χ0) is 11.3. The average molecular weight is 207 g/mol. The maximum absolute atomic E-state index is 10.6. The van der Waals surface area contributed by atoms with Crippen molar-refractivity contribution in [2.75, 3.05) is 0 Å². The van der Waals surface area contributed by atoms with Crippen LogP contribution in [0.3, 0.4) is 0 Å². The largest absolute Gasteiger partial charge is 0.481 e. The molecule has 1 aromatic carbocycles. The second-order valence-electron chi connectivity index (χ2n) is 3.35. The number of amides is 1. The number of aryl methyl sites for hydroxylation is 1. The van der Waals surface area contributed by atoms with E-state index in [-0.39, 0.29) is 6.42 Å². The van der Waals surface area contributed by atoms with E-state index >= 15 is 0 Å². The lowest BCUT2D eigenvalue weighted by atomic mass is 10.0. The van der Waals surface area contributed by atoms with Crippen molar-refractivity contribution in [2.45, 2.75) is 19.4 Å². The molecule has 1 amide bonds. The zero-order valence-electron chi connectivity index (χ0n) is 8.43. The van der Waals surface area contributed by atoms with Crippen LogP contribution in [0.1, 0.15) is 23.6 Å². The topological polar surface area (TPSA) is 66.4 Å². The molecule has 0 aromatic heterocycles. The number of carboxylic acids is 1. The van der Waals surface area contributed by atoms with Gasteiger partial charge in [-0.1, -0.05) is 29.8 Å². The summed E-state index contributed by atoms with van der Waals surface area (Å²) in [5.41, 5.74) is 1.90. The summed E-state index contributed by atoms with van der Waals surface area (Å²) in [5, 5.41) is 11.2. The van der Waals surface area contributed by atoms with Crippen molar-refractivity contribution in [3.63, 3.8) is 0 Å². The fraction of sp³-hybridized carbons (Fsp3) is 0.273. The fourth-order valence-corrected chi connectivity index (χ4v) is 1.33. The summed E-state index contributed by atoms with van der Waals surface area (Å²) in [6.07, 6.45) is 0.412. The summed E-state index contributed by atoms with van der Waals surface area (Å²) >= 11 is 0. The Balaban J connectivity index is 2.83. The molecule has 0 radical (unpaired) electrons. The molecule has 1 rings (SSSR count). The predicted octanol–water partition coefficient (Wildman–Crippen LogP) is 1.26. The minimum absolute atomic E-state index is 0.109. The van der Waals surface area contributed by atoms with E-state index in [1.165, 1.54) is 0 Å². The molecule has 0 saturated carbocycles. The molecule has 0 heterocycles. The lowest BCUT2D eigenvalue weighted by Gasteiger charge is -2.14. The molecule has 15 heavy (non-hydrogen) atoms. The van der Waals surface area contributed by atoms with Crippen LogP contribution in [0.5, 0.6) is 0 Å². The third-order valence-electron chi connectivity index (χ3n) is 2.13. The van der Waals surface area contributed by atoms with Gasteiger partial charge in [-0.15, -0.1) is 0 Å². The van der Waals surface area contributed by atoms with E-state index in [0.29, 0.717) is 6.41 Å². The van der Waals surface area contributed by atoms with Gasteiger partial charge in [0.05, 0.1) is 12.5 Å². The van der Waals surface area contributed by atoms with Gasteiger partial charge in [0, 0.05) is 0 Å². The predicted molar refractivity (Wildman–Crippen MR) is 55.4 cm³/mol. The normalized spacial score (nSPS) is 11.8. The zero-order valence-corrected chi connectivity index (χ0v) is 8.43. The summed E-state index contributed by atoms with van der Waals surface area (Å²) in [6, 6.07) is 6.95. The Labute approximate surface area is 87.9 Å². The number of nitrogens with one attached hydrogen (secondary N) is 1. The Morgan fingerprint density at radius 1 is 1.47 bits per heavy atom. The standard InChI is InChI=1S/C11H13NO3/c1-8-2-4-9(5-3-8)10(12-7-13)6-11(14)15/h2-5,7,10H,6H2,1H3,(H,12,13)(H,14,15)/t10-/m1/s1. The monoisotopic (exact) mass is 207 g/mol. The van der Waals surface area contributed by atoms with E-state index in [2.05, 4.69) is 5.32 Å². The van der Waals surface area contributed by atoms with Crippen molar-refractivity contribution in [3.8, 4) is 0 Å². The maximum Gasteiger partial charge on any atom is 0.305 e. The highest BCUT2D eigenvalue weighted by molar-refractivity contribution is 5.68. The molecule has 4 nitrogen and oxygen atoms in total. The molecule has 0 fully saturated rings. The Morgan fingerprint density at radius 3 is 2.53 bits per heavy atom. The third-order valence-corrected chi connectivity index (χ3v) is 2.13. The van der Waals surface area contributed by atoms with Crippen LogP contribution < -0.4 is 5.32 Å². The summed E-state index contributed by atoms with van der Waals surface area (Å²) in [7, 11) is 0. The molecule has 0 bridgehead atoms. The van der Waals surface area contributed by atoms with Crippen LogP contribution >= 0.6 is 0 Å². The summed E-state index contributed by atoms with van der Waals surface area (Å²) < 4.78 is 0. The Kier molecular flexibility index (Phi) is 3.85. The van der Waals surface area contributed by atoms with Crippen molar-refractivity contribution in [1.82, 2.24) is 5.32 Å². The molecular weight excluding hydrogens is 194 g/mol. The van der Waals surface area contributed by atoms with Gasteiger partial charge in [0.25, 0.3) is 0 Å². The first-order chi connectivity index (χ1) is 7.13. The van der Waals surface area contributed by atoms with Gasteiger partial charge >= 0.3 is 5.97 Å². The van der Waals surface area contributed by atoms with E-state index < -0.39 is 12.0 Å². The van der Waals surface area contributed by atoms with Crippen LogP contribution in [-0.2, 0) is 9.59 Å². The Bertz CT molecular complexity index is 345. The molecule has 1 aromatic rings. The van der Waals surface area contributed by atoms with Crippen LogP contribution in [0, 0.1) is 6.92 Å². The Hall–Kier alpha value is -1.84. The molecule has 0 spiro atoms. The number of carbonyl (C=O) groups is 2. The van der Waals surface area contributed by atoms with Crippen LogP contribution in [0.2, 0.25) is 0 Å². The van der Waals surface area contributed by atoms with Crippen LogP contribution in [0.15, 0.2) is 24.3 Å². The highest BCUT2D eigenvalue weighted by Crippen LogP contribution is 2.16. The lowest BCUT2D eigenvalue weighted by Crippen LogP contribution is -2.22. The van der Waals surface area contributed by atoms with Gasteiger partial charge in [0.15, 0.2) is 0 Å².